The highest BCUT2D eigenvalue weighted by Gasteiger charge is 2.18. The van der Waals surface area contributed by atoms with Crippen LogP contribution in [-0.2, 0) is 4.79 Å². The molecule has 0 atom stereocenters. The molecule has 1 aliphatic rings. The number of carbonyl (C=O) groups is 2. The number of rotatable bonds is 4. The minimum Gasteiger partial charge on any atom is -0.339 e. The van der Waals surface area contributed by atoms with Gasteiger partial charge in [-0.25, -0.2) is 0 Å². The van der Waals surface area contributed by atoms with Gasteiger partial charge in [0.2, 0.25) is 5.91 Å². The Balaban J connectivity index is 1.95. The number of piperidine rings is 1. The summed E-state index contributed by atoms with van der Waals surface area (Å²) >= 11 is 5.16. The van der Waals surface area contributed by atoms with E-state index >= 15 is 0 Å². The van der Waals surface area contributed by atoms with Gasteiger partial charge in [-0.2, -0.15) is 0 Å². The van der Waals surface area contributed by atoms with E-state index in [0.29, 0.717) is 17.7 Å². The van der Waals surface area contributed by atoms with Crippen molar-refractivity contribution in [2.45, 2.75) is 39.5 Å². The van der Waals surface area contributed by atoms with Crippen molar-refractivity contribution < 1.29 is 9.59 Å². The van der Waals surface area contributed by atoms with Crippen molar-refractivity contribution in [1.82, 2.24) is 10.2 Å². The molecule has 6 heteroatoms. The summed E-state index contributed by atoms with van der Waals surface area (Å²) in [5.41, 5.74) is 1.34. The molecular formula is C18H25N3O2S. The highest BCUT2D eigenvalue weighted by atomic mass is 32.1. The third-order valence-electron chi connectivity index (χ3n) is 3.86. The number of nitrogens with zero attached hydrogens (tertiary/aromatic N) is 1. The topological polar surface area (TPSA) is 61.4 Å². The molecule has 5 nitrogen and oxygen atoms in total. The zero-order chi connectivity index (χ0) is 17.5. The van der Waals surface area contributed by atoms with Crippen LogP contribution in [0.1, 0.15) is 49.9 Å². The van der Waals surface area contributed by atoms with Crippen LogP contribution in [0.15, 0.2) is 24.3 Å². The van der Waals surface area contributed by atoms with Crippen molar-refractivity contribution in [1.29, 1.82) is 0 Å². The van der Waals surface area contributed by atoms with Crippen LogP contribution < -0.4 is 10.6 Å². The lowest BCUT2D eigenvalue weighted by Gasteiger charge is -2.26. The summed E-state index contributed by atoms with van der Waals surface area (Å²) in [5, 5.41) is 5.88. The maximum absolute atomic E-state index is 12.5. The summed E-state index contributed by atoms with van der Waals surface area (Å²) in [5.74, 6) is 0.217. The molecule has 2 rings (SSSR count). The second-order valence-corrected chi connectivity index (χ2v) is 6.94. The Morgan fingerprint density at radius 2 is 1.92 bits per heavy atom. The van der Waals surface area contributed by atoms with Gasteiger partial charge in [0.25, 0.3) is 5.91 Å². The fourth-order valence-corrected chi connectivity index (χ4v) is 2.95. The molecule has 0 spiro atoms. The van der Waals surface area contributed by atoms with E-state index < -0.39 is 0 Å². The largest absolute Gasteiger partial charge is 0.339 e. The first-order valence-electron chi connectivity index (χ1n) is 8.46. The lowest BCUT2D eigenvalue weighted by Crippen LogP contribution is -2.36. The number of thiocarbonyl (C=S) groups is 1. The Labute approximate surface area is 148 Å². The first-order valence-corrected chi connectivity index (χ1v) is 8.86. The van der Waals surface area contributed by atoms with Crippen LogP contribution in [0.5, 0.6) is 0 Å². The van der Waals surface area contributed by atoms with Gasteiger partial charge in [-0.05, 0) is 55.6 Å². The molecule has 1 saturated heterocycles. The highest BCUT2D eigenvalue weighted by molar-refractivity contribution is 7.80. The SMILES string of the molecule is CC(C)CC(=O)NC(=S)Nc1cccc(C(=O)N2CCCCC2)c1. The quantitative estimate of drug-likeness (QED) is 0.821. The molecule has 1 aliphatic heterocycles. The summed E-state index contributed by atoms with van der Waals surface area (Å²) < 4.78 is 0. The van der Waals surface area contributed by atoms with Crippen LogP contribution in [0.2, 0.25) is 0 Å². The molecule has 24 heavy (non-hydrogen) atoms. The van der Waals surface area contributed by atoms with E-state index in [0.717, 1.165) is 25.9 Å². The third kappa shape index (κ3) is 5.60. The Morgan fingerprint density at radius 3 is 2.58 bits per heavy atom. The second-order valence-electron chi connectivity index (χ2n) is 6.53. The van der Waals surface area contributed by atoms with Crippen molar-refractivity contribution in [3.63, 3.8) is 0 Å². The Bertz CT molecular complexity index is 610. The maximum Gasteiger partial charge on any atom is 0.253 e. The van der Waals surface area contributed by atoms with Gasteiger partial charge in [-0.3, -0.25) is 9.59 Å². The average Bonchev–Trinajstić information content (AvgIpc) is 2.54. The van der Waals surface area contributed by atoms with E-state index in [1.54, 1.807) is 6.07 Å². The average molecular weight is 347 g/mol. The van der Waals surface area contributed by atoms with Crippen LogP contribution >= 0.6 is 12.2 Å². The molecule has 2 amide bonds. The molecule has 1 fully saturated rings. The number of hydrogen-bond donors (Lipinski definition) is 2. The zero-order valence-electron chi connectivity index (χ0n) is 14.3. The van der Waals surface area contributed by atoms with E-state index in [-0.39, 0.29) is 22.8 Å². The van der Waals surface area contributed by atoms with Gasteiger partial charge < -0.3 is 15.5 Å². The molecule has 2 N–H and O–H groups in total. The molecule has 0 radical (unpaired) electrons. The molecule has 0 saturated carbocycles. The molecule has 1 aromatic rings. The Morgan fingerprint density at radius 1 is 1.21 bits per heavy atom. The normalized spacial score (nSPS) is 14.4. The van der Waals surface area contributed by atoms with Crippen molar-refractivity contribution in [3.8, 4) is 0 Å². The molecule has 0 unspecified atom stereocenters. The van der Waals surface area contributed by atoms with Crippen LogP contribution in [0.4, 0.5) is 5.69 Å². The number of nitrogens with one attached hydrogen (secondary N) is 2. The Kier molecular flexibility index (Phi) is 6.73. The fourth-order valence-electron chi connectivity index (χ4n) is 2.72. The molecule has 130 valence electrons. The first-order chi connectivity index (χ1) is 11.5. The standard InChI is InChI=1S/C18H25N3O2S/c1-13(2)11-16(22)20-18(24)19-15-8-6-7-14(12-15)17(23)21-9-4-3-5-10-21/h6-8,12-13H,3-5,9-11H2,1-2H3,(H2,19,20,22,24). The lowest BCUT2D eigenvalue weighted by atomic mass is 10.1. The van der Waals surface area contributed by atoms with Crippen molar-refractivity contribution in [2.24, 2.45) is 5.92 Å². The predicted octanol–water partition coefficient (Wildman–Crippen LogP) is 3.17. The second kappa shape index (κ2) is 8.78. The molecule has 0 aromatic heterocycles. The van der Waals surface area contributed by atoms with Gasteiger partial charge in [-0.15, -0.1) is 0 Å². The zero-order valence-corrected chi connectivity index (χ0v) is 15.1. The summed E-state index contributed by atoms with van der Waals surface area (Å²) in [7, 11) is 0. The first kappa shape index (κ1) is 18.4. The number of carbonyl (C=O) groups excluding carboxylic acids is 2. The maximum atomic E-state index is 12.5. The molecule has 1 aromatic carbocycles. The molecule has 0 aliphatic carbocycles. The summed E-state index contributed by atoms with van der Waals surface area (Å²) in [6.07, 6.45) is 3.75. The summed E-state index contributed by atoms with van der Waals surface area (Å²) in [4.78, 5) is 26.2. The summed E-state index contributed by atoms with van der Waals surface area (Å²) in [6, 6.07) is 7.23. The van der Waals surface area contributed by atoms with Crippen LogP contribution in [0, 0.1) is 5.92 Å². The minimum absolute atomic E-state index is 0.0492. The number of anilines is 1. The van der Waals surface area contributed by atoms with Gasteiger partial charge in [-0.1, -0.05) is 19.9 Å². The van der Waals surface area contributed by atoms with E-state index in [1.165, 1.54) is 6.42 Å². The summed E-state index contributed by atoms with van der Waals surface area (Å²) in [6.45, 7) is 5.60. The fraction of sp³-hybridized carbons (Fsp3) is 0.500. The lowest BCUT2D eigenvalue weighted by molar-refractivity contribution is -0.120. The predicted molar refractivity (Wildman–Crippen MR) is 100 cm³/mol. The van der Waals surface area contributed by atoms with E-state index in [4.69, 9.17) is 12.2 Å². The van der Waals surface area contributed by atoms with Crippen molar-refractivity contribution in [2.75, 3.05) is 18.4 Å². The molecule has 0 bridgehead atoms. The van der Waals surface area contributed by atoms with Crippen LogP contribution in [0.25, 0.3) is 0 Å². The van der Waals surface area contributed by atoms with E-state index in [2.05, 4.69) is 10.6 Å². The van der Waals surface area contributed by atoms with Crippen molar-refractivity contribution >= 4 is 34.8 Å². The third-order valence-corrected chi connectivity index (χ3v) is 4.06. The van der Waals surface area contributed by atoms with E-state index in [9.17, 15) is 9.59 Å². The van der Waals surface area contributed by atoms with Gasteiger partial charge >= 0.3 is 0 Å². The smallest absolute Gasteiger partial charge is 0.253 e. The van der Waals surface area contributed by atoms with Crippen LogP contribution in [-0.4, -0.2) is 34.9 Å². The minimum atomic E-state index is -0.108. The van der Waals surface area contributed by atoms with E-state index in [1.807, 2.05) is 36.9 Å². The number of hydrogen-bond acceptors (Lipinski definition) is 3. The van der Waals surface area contributed by atoms with Gasteiger partial charge in [0.1, 0.15) is 0 Å². The van der Waals surface area contributed by atoms with Gasteiger partial charge in [0.15, 0.2) is 5.11 Å². The molecular weight excluding hydrogens is 322 g/mol. The number of amides is 2. The number of benzene rings is 1. The van der Waals surface area contributed by atoms with Gasteiger partial charge in [0.05, 0.1) is 0 Å². The van der Waals surface area contributed by atoms with Crippen LogP contribution in [0.3, 0.4) is 0 Å². The highest BCUT2D eigenvalue weighted by Crippen LogP contribution is 2.16. The number of likely N-dealkylation sites (tertiary alicyclic amines) is 1. The van der Waals surface area contributed by atoms with Crippen molar-refractivity contribution in [3.05, 3.63) is 29.8 Å². The van der Waals surface area contributed by atoms with Gasteiger partial charge in [0, 0.05) is 30.8 Å². The Hall–Kier alpha value is -1.95. The molecule has 1 heterocycles. The monoisotopic (exact) mass is 347 g/mol.